The van der Waals surface area contributed by atoms with E-state index in [1.54, 1.807) is 18.5 Å². The van der Waals surface area contributed by atoms with Crippen molar-refractivity contribution in [3.8, 4) is 0 Å². The molecule has 2 aromatic heterocycles. The van der Waals surface area contributed by atoms with Crippen LogP contribution >= 0.6 is 0 Å². The van der Waals surface area contributed by atoms with Gasteiger partial charge >= 0.3 is 0 Å². The van der Waals surface area contributed by atoms with E-state index in [9.17, 15) is 9.50 Å². The zero-order valence-electron chi connectivity index (χ0n) is 18.1. The summed E-state index contributed by atoms with van der Waals surface area (Å²) in [7, 11) is 2.15. The van der Waals surface area contributed by atoms with E-state index in [0.29, 0.717) is 17.9 Å². The lowest BCUT2D eigenvalue weighted by atomic mass is 10.2. The van der Waals surface area contributed by atoms with Crippen molar-refractivity contribution in [1.29, 1.82) is 0 Å². The van der Waals surface area contributed by atoms with Crippen LogP contribution in [0.3, 0.4) is 0 Å². The molecular weight excluding hydrogens is 409 g/mol. The number of rotatable bonds is 6. The van der Waals surface area contributed by atoms with Gasteiger partial charge in [0.25, 0.3) is 0 Å². The largest absolute Gasteiger partial charge is 0.392 e. The minimum Gasteiger partial charge on any atom is -0.392 e. The van der Waals surface area contributed by atoms with Crippen LogP contribution in [-0.2, 0) is 6.61 Å². The maximum atomic E-state index is 14.5. The Balaban J connectivity index is 1.36. The number of anilines is 5. The summed E-state index contributed by atoms with van der Waals surface area (Å²) in [5, 5.41) is 15.6. The van der Waals surface area contributed by atoms with Crippen molar-refractivity contribution in [3.05, 3.63) is 59.8 Å². The summed E-state index contributed by atoms with van der Waals surface area (Å²) in [6.07, 6.45) is 4.40. The van der Waals surface area contributed by atoms with Gasteiger partial charge in [-0.3, -0.25) is 4.90 Å². The number of aromatic nitrogens is 3. The number of aliphatic hydroxyl groups excluding tert-OH is 1. The average molecular weight is 436 g/mol. The van der Waals surface area contributed by atoms with Gasteiger partial charge in [0, 0.05) is 42.6 Å². The monoisotopic (exact) mass is 435 g/mol. The van der Waals surface area contributed by atoms with Crippen LogP contribution in [0.25, 0.3) is 0 Å². The van der Waals surface area contributed by atoms with Gasteiger partial charge in [-0.1, -0.05) is 12.1 Å². The molecule has 32 heavy (non-hydrogen) atoms. The average Bonchev–Trinajstić information content (AvgIpc) is 3.37. The molecule has 0 radical (unpaired) electrons. The van der Waals surface area contributed by atoms with Gasteiger partial charge in [-0.15, -0.1) is 0 Å². The Bertz CT molecular complexity index is 1140. The molecule has 2 fully saturated rings. The summed E-state index contributed by atoms with van der Waals surface area (Å²) < 4.78 is 14.5. The number of hydrogen-bond donors (Lipinski definition) is 3. The van der Waals surface area contributed by atoms with Gasteiger partial charge in [-0.05, 0) is 44.2 Å². The first-order valence-corrected chi connectivity index (χ1v) is 10.7. The number of halogens is 1. The molecule has 5 rings (SSSR count). The molecule has 0 saturated carbocycles. The second-order valence-electron chi connectivity index (χ2n) is 8.50. The number of aliphatic hydroxyl groups is 1. The van der Waals surface area contributed by atoms with Crippen molar-refractivity contribution < 1.29 is 9.50 Å². The first-order chi connectivity index (χ1) is 15.5. The van der Waals surface area contributed by atoms with Crippen molar-refractivity contribution in [2.24, 2.45) is 0 Å². The fraction of sp³-hybridized carbons (Fsp3) is 0.348. The first kappa shape index (κ1) is 20.6. The first-order valence-electron chi connectivity index (χ1n) is 10.7. The number of hydrogen-bond acceptors (Lipinski definition) is 8. The number of likely N-dealkylation sites (N-methyl/N-ethyl adjacent to an activating group) is 1. The Hall–Kier alpha value is -3.30. The van der Waals surface area contributed by atoms with Gasteiger partial charge in [-0.2, -0.15) is 9.37 Å². The predicted octanol–water partition coefficient (Wildman–Crippen LogP) is 3.19. The van der Waals surface area contributed by atoms with E-state index in [2.05, 4.69) is 42.4 Å². The Morgan fingerprint density at radius 2 is 2.00 bits per heavy atom. The molecule has 166 valence electrons. The molecule has 0 amide bonds. The van der Waals surface area contributed by atoms with E-state index in [0.717, 1.165) is 42.0 Å². The quantitative estimate of drug-likeness (QED) is 0.509. The third kappa shape index (κ3) is 3.96. The summed E-state index contributed by atoms with van der Waals surface area (Å²) >= 11 is 0. The van der Waals surface area contributed by atoms with Crippen molar-refractivity contribution >= 4 is 28.8 Å². The molecule has 2 saturated heterocycles. The van der Waals surface area contributed by atoms with Crippen molar-refractivity contribution in [2.45, 2.75) is 32.0 Å². The summed E-state index contributed by atoms with van der Waals surface area (Å²) in [6, 6.07) is 10.2. The van der Waals surface area contributed by atoms with Crippen LogP contribution in [0.1, 0.15) is 17.5 Å². The van der Waals surface area contributed by atoms with Crippen LogP contribution in [0.15, 0.2) is 42.7 Å². The normalized spacial score (nSPS) is 20.1. The topological polar surface area (TPSA) is 89.4 Å². The zero-order chi connectivity index (χ0) is 22.2. The number of fused-ring (bicyclic) bond motifs is 2. The van der Waals surface area contributed by atoms with Crippen LogP contribution in [0.4, 0.5) is 33.2 Å². The number of likely N-dealkylation sites (tertiary alicyclic amines) is 1. The molecular formula is C23H26FN7O. The van der Waals surface area contributed by atoms with E-state index >= 15 is 0 Å². The highest BCUT2D eigenvalue weighted by atomic mass is 19.1. The summed E-state index contributed by atoms with van der Waals surface area (Å²) in [4.78, 5) is 17.5. The molecule has 4 heterocycles. The SMILES string of the molecule is Cc1cnc(Nc2cc(N3C[C@@H]4C[C@H]3CN4C)cnc2F)nc1Nc1cccc(CO)c1. The lowest BCUT2D eigenvalue weighted by Gasteiger charge is -2.33. The Morgan fingerprint density at radius 1 is 1.12 bits per heavy atom. The number of nitrogens with zero attached hydrogens (tertiary/aromatic N) is 5. The fourth-order valence-electron chi connectivity index (χ4n) is 4.50. The maximum absolute atomic E-state index is 14.5. The summed E-state index contributed by atoms with van der Waals surface area (Å²) in [5.41, 5.74) is 3.59. The van der Waals surface area contributed by atoms with Gasteiger partial charge in [0.05, 0.1) is 24.2 Å². The van der Waals surface area contributed by atoms with Crippen LogP contribution < -0.4 is 15.5 Å². The summed E-state index contributed by atoms with van der Waals surface area (Å²) in [5.74, 6) is 0.281. The molecule has 3 aromatic rings. The molecule has 1 aromatic carbocycles. The van der Waals surface area contributed by atoms with E-state index in [-0.39, 0.29) is 18.2 Å². The number of pyridine rings is 1. The van der Waals surface area contributed by atoms with Crippen LogP contribution in [-0.4, -0.2) is 57.2 Å². The lowest BCUT2D eigenvalue weighted by Crippen LogP contribution is -2.44. The molecule has 3 N–H and O–H groups in total. The lowest BCUT2D eigenvalue weighted by molar-refractivity contribution is 0.282. The fourth-order valence-corrected chi connectivity index (χ4v) is 4.50. The zero-order valence-corrected chi connectivity index (χ0v) is 18.1. The maximum Gasteiger partial charge on any atom is 0.236 e. The number of benzene rings is 1. The molecule has 2 aliphatic heterocycles. The Labute approximate surface area is 186 Å². The van der Waals surface area contributed by atoms with E-state index in [1.165, 1.54) is 0 Å². The van der Waals surface area contributed by atoms with Gasteiger partial charge in [0.2, 0.25) is 11.9 Å². The molecule has 9 heteroatoms. The van der Waals surface area contributed by atoms with Gasteiger partial charge in [-0.25, -0.2) is 9.97 Å². The number of aryl methyl sites for hydroxylation is 1. The minimum absolute atomic E-state index is 0.0391. The van der Waals surface area contributed by atoms with E-state index in [1.807, 2.05) is 31.2 Å². The highest BCUT2D eigenvalue weighted by molar-refractivity contribution is 5.65. The highest BCUT2D eigenvalue weighted by Crippen LogP contribution is 2.35. The molecule has 0 unspecified atom stereocenters. The van der Waals surface area contributed by atoms with Crippen molar-refractivity contribution in [2.75, 3.05) is 35.7 Å². The third-order valence-corrected chi connectivity index (χ3v) is 6.26. The highest BCUT2D eigenvalue weighted by Gasteiger charge is 2.41. The van der Waals surface area contributed by atoms with Gasteiger partial charge in [0.15, 0.2) is 0 Å². The smallest absolute Gasteiger partial charge is 0.236 e. The van der Waals surface area contributed by atoms with Gasteiger partial charge in [0.1, 0.15) is 5.82 Å². The van der Waals surface area contributed by atoms with Crippen LogP contribution in [0.5, 0.6) is 0 Å². The minimum atomic E-state index is -0.593. The van der Waals surface area contributed by atoms with Crippen molar-refractivity contribution in [3.63, 3.8) is 0 Å². The number of nitrogens with one attached hydrogen (secondary N) is 2. The second kappa shape index (κ2) is 8.33. The summed E-state index contributed by atoms with van der Waals surface area (Å²) in [6.45, 7) is 3.79. The molecule has 2 atom stereocenters. The molecule has 0 aliphatic carbocycles. The van der Waals surface area contributed by atoms with Crippen LogP contribution in [0, 0.1) is 12.9 Å². The molecule has 2 bridgehead atoms. The van der Waals surface area contributed by atoms with Crippen LogP contribution in [0.2, 0.25) is 0 Å². The van der Waals surface area contributed by atoms with Crippen molar-refractivity contribution in [1.82, 2.24) is 19.9 Å². The second-order valence-corrected chi connectivity index (χ2v) is 8.50. The van der Waals surface area contributed by atoms with E-state index < -0.39 is 5.95 Å². The molecule has 2 aliphatic rings. The van der Waals surface area contributed by atoms with E-state index in [4.69, 9.17) is 0 Å². The molecule has 8 nitrogen and oxygen atoms in total. The van der Waals surface area contributed by atoms with Gasteiger partial charge < -0.3 is 20.6 Å². The Kier molecular flexibility index (Phi) is 5.36. The number of piperazine rings is 1. The predicted molar refractivity (Wildman–Crippen MR) is 122 cm³/mol. The molecule has 0 spiro atoms. The Morgan fingerprint density at radius 3 is 2.75 bits per heavy atom. The third-order valence-electron chi connectivity index (χ3n) is 6.26. The standard InChI is InChI=1S/C23H26FN7O/c1-14-9-26-23(29-22(14)27-16-5-3-4-15(6-16)13-32)28-20-8-17(10-25-21(20)24)31-12-18-7-19(31)11-30(18)2/h3-6,8-10,18-19,32H,7,11-13H2,1-2H3,(H2,26,27,28,29)/t18-,19-/m0/s1.